The average Bonchev–Trinajstić information content (AvgIpc) is 3.21. The smallest absolute Gasteiger partial charge is 0.271 e. The SMILES string of the molecule is CCCCC(CC)CN1C(=O)C(C#N)=C(C)/C(=C\c2cc(Cl)c(N(CCCC)CCCC)s2)C1=O. The summed E-state index contributed by atoms with van der Waals surface area (Å²) in [5.41, 5.74) is 0.904. The van der Waals surface area contributed by atoms with E-state index in [1.165, 1.54) is 4.90 Å². The zero-order chi connectivity index (χ0) is 26.0. The Morgan fingerprint density at radius 1 is 1.09 bits per heavy atom. The summed E-state index contributed by atoms with van der Waals surface area (Å²) in [4.78, 5) is 31.0. The molecule has 0 N–H and O–H groups in total. The van der Waals surface area contributed by atoms with Gasteiger partial charge in [-0.05, 0) is 49.8 Å². The molecule has 0 aromatic carbocycles. The maximum absolute atomic E-state index is 13.5. The molecule has 0 radical (unpaired) electrons. The first-order chi connectivity index (χ1) is 16.8. The summed E-state index contributed by atoms with van der Waals surface area (Å²) in [6, 6.07) is 3.94. The quantitative estimate of drug-likeness (QED) is 0.188. The van der Waals surface area contributed by atoms with Gasteiger partial charge in [-0.3, -0.25) is 14.5 Å². The lowest BCUT2D eigenvalue weighted by Crippen LogP contribution is -2.45. The van der Waals surface area contributed by atoms with Gasteiger partial charge in [-0.1, -0.05) is 71.4 Å². The molecule has 2 amide bonds. The number of hydrogen-bond acceptors (Lipinski definition) is 5. The standard InChI is InChI=1S/C28H40ClN3O2S/c1-6-10-13-21(9-4)19-32-26(33)23(20(5)24(18-30)27(32)34)16-22-17-25(29)28(35-22)31(14-11-7-2)15-12-8-3/h16-17,21H,6-15,19H2,1-5H3/b23-16+. The highest BCUT2D eigenvalue weighted by Gasteiger charge is 2.36. The summed E-state index contributed by atoms with van der Waals surface area (Å²) >= 11 is 8.22. The fourth-order valence-corrected chi connectivity index (χ4v) is 5.75. The summed E-state index contributed by atoms with van der Waals surface area (Å²) in [5.74, 6) is -0.561. The van der Waals surface area contributed by atoms with Gasteiger partial charge in [-0.2, -0.15) is 5.26 Å². The number of nitrogens with zero attached hydrogens (tertiary/aromatic N) is 3. The van der Waals surface area contributed by atoms with Crippen LogP contribution in [0.5, 0.6) is 0 Å². The molecule has 1 aromatic rings. The Labute approximate surface area is 220 Å². The lowest BCUT2D eigenvalue weighted by Gasteiger charge is -2.30. The van der Waals surface area contributed by atoms with Gasteiger partial charge in [0.1, 0.15) is 16.6 Å². The van der Waals surface area contributed by atoms with Gasteiger partial charge in [0.05, 0.1) is 5.02 Å². The molecule has 0 fully saturated rings. The maximum Gasteiger partial charge on any atom is 0.271 e. The summed E-state index contributed by atoms with van der Waals surface area (Å²) in [5, 5.41) is 11.4. The lowest BCUT2D eigenvalue weighted by atomic mass is 9.92. The van der Waals surface area contributed by atoms with Crippen LogP contribution in [-0.4, -0.2) is 36.3 Å². The van der Waals surface area contributed by atoms with Gasteiger partial charge in [-0.15, -0.1) is 11.3 Å². The number of carbonyl (C=O) groups excluding carboxylic acids is 2. The van der Waals surface area contributed by atoms with Crippen molar-refractivity contribution >= 4 is 45.8 Å². The molecule has 1 unspecified atom stereocenters. The van der Waals surface area contributed by atoms with Gasteiger partial charge in [0, 0.05) is 30.1 Å². The number of anilines is 1. The summed E-state index contributed by atoms with van der Waals surface area (Å²) in [7, 11) is 0. The highest BCUT2D eigenvalue weighted by atomic mass is 35.5. The number of rotatable bonds is 14. The molecule has 2 heterocycles. The minimum absolute atomic E-state index is 0.0524. The largest absolute Gasteiger partial charge is 0.362 e. The number of carbonyl (C=O) groups is 2. The van der Waals surface area contributed by atoms with Crippen molar-refractivity contribution in [2.75, 3.05) is 24.5 Å². The van der Waals surface area contributed by atoms with Crippen LogP contribution < -0.4 is 4.90 Å². The van der Waals surface area contributed by atoms with Gasteiger partial charge in [0.2, 0.25) is 0 Å². The highest BCUT2D eigenvalue weighted by molar-refractivity contribution is 7.17. The summed E-state index contributed by atoms with van der Waals surface area (Å²) < 4.78 is 0. The van der Waals surface area contributed by atoms with Crippen LogP contribution in [0.1, 0.15) is 90.9 Å². The number of hydrogen-bond donors (Lipinski definition) is 0. The van der Waals surface area contributed by atoms with Gasteiger partial charge in [0.25, 0.3) is 11.8 Å². The van der Waals surface area contributed by atoms with Crippen LogP contribution in [0.4, 0.5) is 5.00 Å². The van der Waals surface area contributed by atoms with E-state index in [4.69, 9.17) is 11.6 Å². The van der Waals surface area contributed by atoms with Crippen LogP contribution in [-0.2, 0) is 9.59 Å². The molecule has 0 aliphatic carbocycles. The molecular weight excluding hydrogens is 478 g/mol. The Morgan fingerprint density at radius 2 is 1.71 bits per heavy atom. The van der Waals surface area contributed by atoms with E-state index in [1.807, 2.05) is 12.1 Å². The van der Waals surface area contributed by atoms with Crippen LogP contribution in [0, 0.1) is 17.2 Å². The molecule has 1 atom stereocenters. The number of imide groups is 1. The average molecular weight is 518 g/mol. The van der Waals surface area contributed by atoms with E-state index in [9.17, 15) is 14.9 Å². The molecule has 1 aromatic heterocycles. The van der Waals surface area contributed by atoms with E-state index in [-0.39, 0.29) is 17.4 Å². The molecule has 5 nitrogen and oxygen atoms in total. The van der Waals surface area contributed by atoms with Crippen molar-refractivity contribution < 1.29 is 9.59 Å². The van der Waals surface area contributed by atoms with E-state index >= 15 is 0 Å². The van der Waals surface area contributed by atoms with Crippen LogP contribution >= 0.6 is 22.9 Å². The fraction of sp³-hybridized carbons (Fsp3) is 0.607. The van der Waals surface area contributed by atoms with Crippen LogP contribution in [0.25, 0.3) is 6.08 Å². The van der Waals surface area contributed by atoms with E-state index in [2.05, 4.69) is 32.6 Å². The molecule has 2 rings (SSSR count). The van der Waals surface area contributed by atoms with Crippen LogP contribution in [0.3, 0.4) is 0 Å². The molecule has 0 bridgehead atoms. The van der Waals surface area contributed by atoms with E-state index in [1.54, 1.807) is 24.3 Å². The van der Waals surface area contributed by atoms with Gasteiger partial charge < -0.3 is 4.90 Å². The molecule has 192 valence electrons. The predicted octanol–water partition coefficient (Wildman–Crippen LogP) is 7.62. The van der Waals surface area contributed by atoms with Crippen molar-refractivity contribution in [3.05, 3.63) is 32.7 Å². The molecule has 1 aliphatic heterocycles. The number of unbranched alkanes of at least 4 members (excludes halogenated alkanes) is 3. The van der Waals surface area contributed by atoms with Crippen LogP contribution in [0.15, 0.2) is 22.8 Å². The topological polar surface area (TPSA) is 64.4 Å². The Kier molecular flexibility index (Phi) is 12.0. The zero-order valence-corrected chi connectivity index (χ0v) is 23.5. The first-order valence-electron chi connectivity index (χ1n) is 13.1. The van der Waals surface area contributed by atoms with E-state index < -0.39 is 5.91 Å². The maximum atomic E-state index is 13.5. The Balaban J connectivity index is 2.43. The number of thiophene rings is 1. The van der Waals surface area contributed by atoms with Crippen molar-refractivity contribution in [2.24, 2.45) is 5.92 Å². The fourth-order valence-electron chi connectivity index (χ4n) is 4.29. The van der Waals surface area contributed by atoms with Crippen molar-refractivity contribution in [3.63, 3.8) is 0 Å². The van der Waals surface area contributed by atoms with Crippen molar-refractivity contribution in [1.29, 1.82) is 5.26 Å². The third kappa shape index (κ3) is 7.44. The third-order valence-corrected chi connectivity index (χ3v) is 8.18. The van der Waals surface area contributed by atoms with Crippen molar-refractivity contribution in [3.8, 4) is 6.07 Å². The summed E-state index contributed by atoms with van der Waals surface area (Å²) in [6.07, 6.45) is 10.2. The Bertz CT molecular complexity index is 981. The molecular formula is C28H40ClN3O2S. The second kappa shape index (κ2) is 14.5. The molecule has 7 heteroatoms. The Morgan fingerprint density at radius 3 is 2.26 bits per heavy atom. The molecule has 0 saturated carbocycles. The Hall–Kier alpha value is -2.10. The zero-order valence-electron chi connectivity index (χ0n) is 22.0. The van der Waals surface area contributed by atoms with Crippen molar-refractivity contribution in [1.82, 2.24) is 4.90 Å². The normalized spacial score (nSPS) is 16.3. The van der Waals surface area contributed by atoms with Crippen molar-refractivity contribution in [2.45, 2.75) is 86.0 Å². The minimum Gasteiger partial charge on any atom is -0.362 e. The predicted molar refractivity (Wildman–Crippen MR) is 148 cm³/mol. The first-order valence-corrected chi connectivity index (χ1v) is 14.3. The number of nitriles is 1. The lowest BCUT2D eigenvalue weighted by molar-refractivity contribution is -0.141. The second-order valence-electron chi connectivity index (χ2n) is 9.30. The van der Waals surface area contributed by atoms with E-state index in [0.29, 0.717) is 22.7 Å². The first kappa shape index (κ1) is 29.1. The summed E-state index contributed by atoms with van der Waals surface area (Å²) in [6.45, 7) is 12.5. The number of amides is 2. The molecule has 0 saturated heterocycles. The van der Waals surface area contributed by atoms with Crippen LogP contribution in [0.2, 0.25) is 5.02 Å². The molecule has 1 aliphatic rings. The van der Waals surface area contributed by atoms with E-state index in [0.717, 1.165) is 74.3 Å². The molecule has 0 spiro atoms. The minimum atomic E-state index is -0.475. The molecule has 35 heavy (non-hydrogen) atoms. The van der Waals surface area contributed by atoms with Gasteiger partial charge in [-0.25, -0.2) is 0 Å². The van der Waals surface area contributed by atoms with Gasteiger partial charge in [0.15, 0.2) is 0 Å². The number of halogens is 1. The highest BCUT2D eigenvalue weighted by Crippen LogP contribution is 2.38. The third-order valence-electron chi connectivity index (χ3n) is 6.63. The second-order valence-corrected chi connectivity index (χ2v) is 10.8. The monoisotopic (exact) mass is 517 g/mol. The van der Waals surface area contributed by atoms with Gasteiger partial charge >= 0.3 is 0 Å².